The predicted octanol–water partition coefficient (Wildman–Crippen LogP) is 21.4. The number of unbranched alkanes of at least 4 members (excludes halogenated alkanes) is 50. The number of carbonyl (C=O) groups excluding carboxylic acids is 2. The van der Waals surface area contributed by atoms with Gasteiger partial charge < -0.3 is 20.3 Å². The molecule has 0 fully saturated rings. The molecule has 74 heavy (non-hydrogen) atoms. The van der Waals surface area contributed by atoms with E-state index >= 15 is 0 Å². The molecule has 0 radical (unpaired) electrons. The highest BCUT2D eigenvalue weighted by atomic mass is 16.5. The fourth-order valence-electron chi connectivity index (χ4n) is 10.6. The van der Waals surface area contributed by atoms with Crippen LogP contribution in [0.25, 0.3) is 0 Å². The highest BCUT2D eigenvalue weighted by Crippen LogP contribution is 2.18. The number of amides is 1. The molecule has 0 aromatic carbocycles. The summed E-state index contributed by atoms with van der Waals surface area (Å²) in [4.78, 5) is 24.6. The molecule has 0 aliphatic rings. The topological polar surface area (TPSA) is 95.9 Å². The van der Waals surface area contributed by atoms with E-state index in [4.69, 9.17) is 4.74 Å². The lowest BCUT2D eigenvalue weighted by Crippen LogP contribution is -2.45. The quantitative estimate of drug-likeness (QED) is 0.0320. The lowest BCUT2D eigenvalue weighted by molar-refractivity contribution is -0.143. The zero-order valence-corrected chi connectivity index (χ0v) is 50.1. The van der Waals surface area contributed by atoms with E-state index < -0.39 is 12.1 Å². The van der Waals surface area contributed by atoms with Crippen LogP contribution in [0.3, 0.4) is 0 Å². The number of hydrogen-bond acceptors (Lipinski definition) is 5. The first kappa shape index (κ1) is 72.3. The molecule has 2 atom stereocenters. The van der Waals surface area contributed by atoms with Gasteiger partial charge in [0, 0.05) is 12.8 Å². The van der Waals surface area contributed by atoms with Crippen LogP contribution >= 0.6 is 0 Å². The zero-order chi connectivity index (χ0) is 53.6. The van der Waals surface area contributed by atoms with E-state index in [0.717, 1.165) is 44.9 Å². The smallest absolute Gasteiger partial charge is 0.305 e. The van der Waals surface area contributed by atoms with Crippen LogP contribution < -0.4 is 5.32 Å². The van der Waals surface area contributed by atoms with Crippen LogP contribution in [0.15, 0.2) is 24.3 Å². The number of ether oxygens (including phenoxy) is 1. The summed E-state index contributed by atoms with van der Waals surface area (Å²) in [6.07, 6.45) is 79.5. The van der Waals surface area contributed by atoms with E-state index in [9.17, 15) is 19.8 Å². The van der Waals surface area contributed by atoms with Crippen LogP contribution in [0.5, 0.6) is 0 Å². The Morgan fingerprint density at radius 3 is 0.959 bits per heavy atom. The SMILES string of the molecule is CCCCCCCCC/C=C\CCCCCCCCCC(=O)OCCCCCCCCCCCCCCCCCCCCCCCCCCC(=O)NC(CO)C(O)/C=C/CCCCCCCCCCCCCCC. The van der Waals surface area contributed by atoms with Gasteiger partial charge in [-0.1, -0.05) is 327 Å². The third kappa shape index (κ3) is 59.6. The molecule has 6 nitrogen and oxygen atoms in total. The summed E-state index contributed by atoms with van der Waals surface area (Å²) in [6.45, 7) is 4.93. The molecule has 0 bridgehead atoms. The summed E-state index contributed by atoms with van der Waals surface area (Å²) >= 11 is 0. The number of rotatable bonds is 63. The second kappa shape index (κ2) is 63.9. The Kier molecular flexibility index (Phi) is 62.4. The van der Waals surface area contributed by atoms with E-state index in [1.165, 1.54) is 302 Å². The Bertz CT molecular complexity index is 1150. The maximum Gasteiger partial charge on any atom is 0.305 e. The van der Waals surface area contributed by atoms with Crippen molar-refractivity contribution >= 4 is 11.9 Å². The summed E-state index contributed by atoms with van der Waals surface area (Å²) in [5, 5.41) is 23.1. The van der Waals surface area contributed by atoms with Crippen LogP contribution in [0, 0.1) is 0 Å². The van der Waals surface area contributed by atoms with Crippen molar-refractivity contribution in [1.29, 1.82) is 0 Å². The first-order chi connectivity index (χ1) is 36.5. The lowest BCUT2D eigenvalue weighted by Gasteiger charge is -2.20. The van der Waals surface area contributed by atoms with Crippen molar-refractivity contribution in [3.8, 4) is 0 Å². The van der Waals surface area contributed by atoms with Crippen molar-refractivity contribution < 1.29 is 24.5 Å². The molecule has 0 aliphatic heterocycles. The number of hydrogen-bond donors (Lipinski definition) is 3. The normalized spacial score (nSPS) is 12.6. The van der Waals surface area contributed by atoms with E-state index in [2.05, 4.69) is 31.3 Å². The number of aliphatic hydroxyl groups excluding tert-OH is 2. The Balaban J connectivity index is 3.37. The van der Waals surface area contributed by atoms with Crippen molar-refractivity contribution in [3.05, 3.63) is 24.3 Å². The summed E-state index contributed by atoms with van der Waals surface area (Å²) in [6, 6.07) is -0.626. The van der Waals surface area contributed by atoms with Gasteiger partial charge in [0.05, 0.1) is 25.4 Å². The summed E-state index contributed by atoms with van der Waals surface area (Å²) in [5.41, 5.74) is 0. The highest BCUT2D eigenvalue weighted by molar-refractivity contribution is 5.76. The average Bonchev–Trinajstić information content (AvgIpc) is 3.40. The molecule has 0 aromatic heterocycles. The maximum absolute atomic E-state index is 12.5. The van der Waals surface area contributed by atoms with Crippen molar-refractivity contribution in [3.63, 3.8) is 0 Å². The van der Waals surface area contributed by atoms with Gasteiger partial charge in [-0.2, -0.15) is 0 Å². The van der Waals surface area contributed by atoms with E-state index in [0.29, 0.717) is 19.4 Å². The summed E-state index contributed by atoms with van der Waals surface area (Å²) in [7, 11) is 0. The monoisotopic (exact) mass is 1040 g/mol. The second-order valence-corrected chi connectivity index (χ2v) is 23.2. The van der Waals surface area contributed by atoms with Gasteiger partial charge >= 0.3 is 5.97 Å². The van der Waals surface area contributed by atoms with Gasteiger partial charge in [-0.25, -0.2) is 0 Å². The molecule has 0 saturated heterocycles. The molecule has 6 heteroatoms. The second-order valence-electron chi connectivity index (χ2n) is 23.2. The van der Waals surface area contributed by atoms with Gasteiger partial charge in [0.2, 0.25) is 5.91 Å². The lowest BCUT2D eigenvalue weighted by atomic mass is 10.0. The number of esters is 1. The zero-order valence-electron chi connectivity index (χ0n) is 50.1. The molecular weight excluding hydrogens is 911 g/mol. The van der Waals surface area contributed by atoms with Crippen LogP contribution in [-0.4, -0.2) is 47.4 Å². The molecule has 0 rings (SSSR count). The van der Waals surface area contributed by atoms with Gasteiger partial charge in [0.1, 0.15) is 0 Å². The minimum atomic E-state index is -0.843. The van der Waals surface area contributed by atoms with Gasteiger partial charge in [0.15, 0.2) is 0 Å². The highest BCUT2D eigenvalue weighted by Gasteiger charge is 2.18. The van der Waals surface area contributed by atoms with Gasteiger partial charge in [-0.15, -0.1) is 0 Å². The molecule has 0 aliphatic carbocycles. The third-order valence-corrected chi connectivity index (χ3v) is 15.7. The number of carbonyl (C=O) groups is 2. The predicted molar refractivity (Wildman–Crippen MR) is 324 cm³/mol. The van der Waals surface area contributed by atoms with Gasteiger partial charge in [-0.3, -0.25) is 9.59 Å². The largest absolute Gasteiger partial charge is 0.466 e. The Labute approximate surface area is 462 Å². The molecule has 1 amide bonds. The Morgan fingerprint density at radius 1 is 0.365 bits per heavy atom. The number of nitrogens with one attached hydrogen (secondary N) is 1. The van der Waals surface area contributed by atoms with Crippen molar-refractivity contribution in [2.75, 3.05) is 13.2 Å². The van der Waals surface area contributed by atoms with E-state index in [1.807, 2.05) is 6.08 Å². The summed E-state index contributed by atoms with van der Waals surface area (Å²) < 4.78 is 5.50. The third-order valence-electron chi connectivity index (χ3n) is 15.7. The van der Waals surface area contributed by atoms with Crippen LogP contribution in [0.4, 0.5) is 0 Å². The maximum atomic E-state index is 12.5. The van der Waals surface area contributed by atoms with E-state index in [-0.39, 0.29) is 18.5 Å². The molecular formula is C68H131NO5. The fraction of sp³-hybridized carbons (Fsp3) is 0.912. The molecule has 3 N–H and O–H groups in total. The van der Waals surface area contributed by atoms with Crippen LogP contribution in [0.1, 0.15) is 373 Å². The number of allylic oxidation sites excluding steroid dienone is 3. The molecule has 0 heterocycles. The molecule has 0 aromatic rings. The van der Waals surface area contributed by atoms with Gasteiger partial charge in [-0.05, 0) is 57.8 Å². The summed E-state index contributed by atoms with van der Waals surface area (Å²) in [5.74, 6) is -0.0520. The van der Waals surface area contributed by atoms with Gasteiger partial charge in [0.25, 0.3) is 0 Å². The average molecular weight is 1040 g/mol. The van der Waals surface area contributed by atoms with Crippen LogP contribution in [-0.2, 0) is 14.3 Å². The molecule has 438 valence electrons. The standard InChI is InChI=1S/C68H131NO5/c1-3-5-7-9-11-13-15-17-19-20-30-34-38-42-46-50-54-58-62-68(73)74-63-59-55-51-47-43-39-35-31-28-26-24-22-21-23-25-27-29-33-37-41-45-49-53-57-61-67(72)69-65(64-70)66(71)60-56-52-48-44-40-36-32-18-16-14-12-10-8-6-4-2/h19-20,56,60,65-66,70-71H,3-18,21-55,57-59,61-64H2,1-2H3,(H,69,72)/b20-19-,60-56+. The minimum absolute atomic E-state index is 0.0127. The van der Waals surface area contributed by atoms with E-state index in [1.54, 1.807) is 6.08 Å². The first-order valence-corrected chi connectivity index (χ1v) is 33.6. The van der Waals surface area contributed by atoms with Crippen molar-refractivity contribution in [1.82, 2.24) is 5.32 Å². The van der Waals surface area contributed by atoms with Crippen molar-refractivity contribution in [2.24, 2.45) is 0 Å². The fourth-order valence-corrected chi connectivity index (χ4v) is 10.6. The minimum Gasteiger partial charge on any atom is -0.466 e. The molecule has 0 saturated carbocycles. The Morgan fingerprint density at radius 2 is 0.635 bits per heavy atom. The molecule has 0 spiro atoms. The number of aliphatic hydroxyl groups is 2. The first-order valence-electron chi connectivity index (χ1n) is 33.6. The van der Waals surface area contributed by atoms with Crippen molar-refractivity contribution in [2.45, 2.75) is 386 Å². The van der Waals surface area contributed by atoms with Crippen LogP contribution in [0.2, 0.25) is 0 Å². The Hall–Kier alpha value is -1.66. The molecule has 2 unspecified atom stereocenters.